The molecule has 7 nitrogen and oxygen atoms in total. The number of carbonyl (C=O) groups excluding carboxylic acids is 2. The van der Waals surface area contributed by atoms with E-state index in [2.05, 4.69) is 5.32 Å². The Kier molecular flexibility index (Phi) is 6.68. The van der Waals surface area contributed by atoms with Crippen molar-refractivity contribution in [2.75, 3.05) is 19.0 Å². The van der Waals surface area contributed by atoms with Crippen LogP contribution in [0.25, 0.3) is 0 Å². The molecule has 0 radical (unpaired) electrons. The smallest absolute Gasteiger partial charge is 0.341 e. The van der Waals surface area contributed by atoms with Gasteiger partial charge in [-0.15, -0.1) is 0 Å². The molecule has 0 aliphatic carbocycles. The van der Waals surface area contributed by atoms with Gasteiger partial charge in [0.2, 0.25) is 9.84 Å². The second-order valence-corrected chi connectivity index (χ2v) is 7.58. The number of hydrogen-bond donors (Lipinski definition) is 1. The number of rotatable bonds is 7. The molecule has 28 heavy (non-hydrogen) atoms. The van der Waals surface area contributed by atoms with Gasteiger partial charge in [-0.3, -0.25) is 4.79 Å². The average molecular weight is 413 g/mol. The van der Waals surface area contributed by atoms with Crippen LogP contribution in [0.15, 0.2) is 47.4 Å². The molecule has 0 aliphatic rings. The first-order valence-electron chi connectivity index (χ1n) is 7.89. The molecule has 1 amide bonds. The Balaban J connectivity index is 1.99. The predicted octanol–water partition coefficient (Wildman–Crippen LogP) is 2.80. The van der Waals surface area contributed by atoms with Gasteiger partial charge < -0.3 is 14.8 Å². The highest BCUT2D eigenvalue weighted by Gasteiger charge is 2.26. The average Bonchev–Trinajstić information content (AvgIpc) is 2.66. The number of hydrogen-bond acceptors (Lipinski definition) is 6. The summed E-state index contributed by atoms with van der Waals surface area (Å²) in [4.78, 5) is 23.3. The molecular weight excluding hydrogens is 396 g/mol. The van der Waals surface area contributed by atoms with Crippen molar-refractivity contribution >= 4 is 27.4 Å². The van der Waals surface area contributed by atoms with E-state index in [1.165, 1.54) is 7.11 Å². The number of nitrogens with one attached hydrogen (secondary N) is 1. The summed E-state index contributed by atoms with van der Waals surface area (Å²) in [5.41, 5.74) is 1.20. The van der Waals surface area contributed by atoms with Gasteiger partial charge in [-0.25, -0.2) is 13.2 Å². The molecule has 0 spiro atoms. The molecule has 0 aliphatic heterocycles. The van der Waals surface area contributed by atoms with Gasteiger partial charge in [0.05, 0.1) is 23.3 Å². The van der Waals surface area contributed by atoms with Crippen LogP contribution in [-0.4, -0.2) is 39.8 Å². The Labute approximate surface area is 160 Å². The summed E-state index contributed by atoms with van der Waals surface area (Å²) in [6.07, 6.45) is 0. The standard InChI is InChI=1S/C18H17F2NO6S/c1-11-3-8-15(26-2)14(9-11)21-16(22)10-27-17(23)12-4-6-13(7-5-12)28(24,25)18(19)20/h3-9,18H,10H2,1-2H3,(H,21,22). The number of alkyl halides is 2. The topological polar surface area (TPSA) is 98.8 Å². The van der Waals surface area contributed by atoms with Gasteiger partial charge in [-0.2, -0.15) is 8.78 Å². The molecule has 0 aromatic heterocycles. The van der Waals surface area contributed by atoms with E-state index in [-0.39, 0.29) is 5.56 Å². The lowest BCUT2D eigenvalue weighted by molar-refractivity contribution is -0.119. The first-order chi connectivity index (χ1) is 13.1. The normalized spacial score (nSPS) is 11.2. The molecule has 0 atom stereocenters. The molecule has 1 N–H and O–H groups in total. The summed E-state index contributed by atoms with van der Waals surface area (Å²) in [5.74, 6) is -4.66. The number of benzene rings is 2. The molecule has 2 rings (SSSR count). The van der Waals surface area contributed by atoms with Gasteiger partial charge in [0.1, 0.15) is 5.75 Å². The van der Waals surface area contributed by atoms with Crippen LogP contribution >= 0.6 is 0 Å². The van der Waals surface area contributed by atoms with Gasteiger partial charge in [-0.1, -0.05) is 6.07 Å². The highest BCUT2D eigenvalue weighted by Crippen LogP contribution is 2.25. The summed E-state index contributed by atoms with van der Waals surface area (Å²) in [5, 5.41) is 2.55. The Morgan fingerprint density at radius 2 is 1.75 bits per heavy atom. The number of carbonyl (C=O) groups is 2. The van der Waals surface area contributed by atoms with E-state index in [4.69, 9.17) is 9.47 Å². The minimum Gasteiger partial charge on any atom is -0.495 e. The molecule has 0 saturated heterocycles. The monoisotopic (exact) mass is 413 g/mol. The Morgan fingerprint density at radius 3 is 2.32 bits per heavy atom. The maximum atomic E-state index is 12.5. The second kappa shape index (κ2) is 8.79. The van der Waals surface area contributed by atoms with Gasteiger partial charge in [0.15, 0.2) is 6.61 Å². The van der Waals surface area contributed by atoms with E-state index in [1.807, 2.05) is 6.92 Å². The maximum Gasteiger partial charge on any atom is 0.341 e. The SMILES string of the molecule is COc1ccc(C)cc1NC(=O)COC(=O)c1ccc(S(=O)(=O)C(F)F)cc1. The summed E-state index contributed by atoms with van der Waals surface area (Å²) < 4.78 is 57.7. The predicted molar refractivity (Wildman–Crippen MR) is 96.3 cm³/mol. The van der Waals surface area contributed by atoms with Gasteiger partial charge in [0, 0.05) is 0 Å². The largest absolute Gasteiger partial charge is 0.495 e. The van der Waals surface area contributed by atoms with Crippen LogP contribution in [0.4, 0.5) is 14.5 Å². The molecule has 2 aromatic carbocycles. The van der Waals surface area contributed by atoms with E-state index in [0.29, 0.717) is 11.4 Å². The van der Waals surface area contributed by atoms with Crippen LogP contribution in [-0.2, 0) is 19.4 Å². The second-order valence-electron chi connectivity index (χ2n) is 5.66. The third-order valence-electron chi connectivity index (χ3n) is 3.62. The maximum absolute atomic E-state index is 12.5. The Bertz CT molecular complexity index is 974. The number of aryl methyl sites for hydroxylation is 1. The van der Waals surface area contributed by atoms with Crippen LogP contribution in [0.3, 0.4) is 0 Å². The fraction of sp³-hybridized carbons (Fsp3) is 0.222. The molecule has 150 valence electrons. The van der Waals surface area contributed by atoms with E-state index in [9.17, 15) is 26.8 Å². The molecule has 0 bridgehead atoms. The molecule has 0 unspecified atom stereocenters. The number of methoxy groups -OCH3 is 1. The number of halogens is 2. The zero-order valence-corrected chi connectivity index (χ0v) is 15.8. The van der Waals surface area contributed by atoms with Gasteiger partial charge in [0.25, 0.3) is 5.91 Å². The highest BCUT2D eigenvalue weighted by atomic mass is 32.2. The molecular formula is C18H17F2NO6S. The molecule has 2 aromatic rings. The zero-order chi connectivity index (χ0) is 20.9. The molecule has 10 heteroatoms. The summed E-state index contributed by atoms with van der Waals surface area (Å²) in [6, 6.07) is 8.95. The van der Waals surface area contributed by atoms with Crippen molar-refractivity contribution in [3.63, 3.8) is 0 Å². The van der Waals surface area contributed by atoms with Gasteiger partial charge >= 0.3 is 11.7 Å². The Morgan fingerprint density at radius 1 is 1.11 bits per heavy atom. The number of sulfone groups is 1. The summed E-state index contributed by atoms with van der Waals surface area (Å²) in [7, 11) is -3.31. The van der Waals surface area contributed by atoms with Crippen LogP contribution in [0, 0.1) is 6.92 Å². The van der Waals surface area contributed by atoms with Crippen molar-refractivity contribution in [2.24, 2.45) is 0 Å². The van der Waals surface area contributed by atoms with Crippen LogP contribution < -0.4 is 10.1 Å². The van der Waals surface area contributed by atoms with Crippen molar-refractivity contribution in [3.05, 3.63) is 53.6 Å². The first kappa shape index (κ1) is 21.3. The number of esters is 1. The van der Waals surface area contributed by atoms with Crippen LogP contribution in [0.5, 0.6) is 5.75 Å². The third-order valence-corrected chi connectivity index (χ3v) is 5.01. The van der Waals surface area contributed by atoms with Crippen molar-refractivity contribution < 1.29 is 36.3 Å². The molecule has 0 heterocycles. The molecule has 0 fully saturated rings. The first-order valence-corrected chi connectivity index (χ1v) is 9.43. The van der Waals surface area contributed by atoms with Crippen molar-refractivity contribution in [1.29, 1.82) is 0 Å². The van der Waals surface area contributed by atoms with Gasteiger partial charge in [-0.05, 0) is 48.9 Å². The lowest BCUT2D eigenvalue weighted by Crippen LogP contribution is -2.21. The van der Waals surface area contributed by atoms with Crippen molar-refractivity contribution in [1.82, 2.24) is 0 Å². The summed E-state index contributed by atoms with van der Waals surface area (Å²) >= 11 is 0. The van der Waals surface area contributed by atoms with Crippen LogP contribution in [0.2, 0.25) is 0 Å². The third kappa shape index (κ3) is 5.03. The van der Waals surface area contributed by atoms with E-state index >= 15 is 0 Å². The zero-order valence-electron chi connectivity index (χ0n) is 14.9. The highest BCUT2D eigenvalue weighted by molar-refractivity contribution is 7.91. The quantitative estimate of drug-likeness (QED) is 0.701. The van der Waals surface area contributed by atoms with E-state index in [1.54, 1.807) is 18.2 Å². The molecule has 0 saturated carbocycles. The minimum absolute atomic E-state index is 0.0887. The summed E-state index contributed by atoms with van der Waals surface area (Å²) in [6.45, 7) is 1.22. The van der Waals surface area contributed by atoms with Crippen LogP contribution in [0.1, 0.15) is 15.9 Å². The number of anilines is 1. The lowest BCUT2D eigenvalue weighted by Gasteiger charge is -2.11. The van der Waals surface area contributed by atoms with E-state index in [0.717, 1.165) is 29.8 Å². The fourth-order valence-corrected chi connectivity index (χ4v) is 2.92. The van der Waals surface area contributed by atoms with Crippen molar-refractivity contribution in [2.45, 2.75) is 17.6 Å². The Hall–Kier alpha value is -3.01. The number of ether oxygens (including phenoxy) is 2. The number of amides is 1. The lowest BCUT2D eigenvalue weighted by atomic mass is 10.2. The fourth-order valence-electron chi connectivity index (χ4n) is 2.20. The van der Waals surface area contributed by atoms with E-state index < -0.39 is 39.0 Å². The minimum atomic E-state index is -4.75. The van der Waals surface area contributed by atoms with Crippen molar-refractivity contribution in [3.8, 4) is 5.75 Å².